The van der Waals surface area contributed by atoms with Gasteiger partial charge < -0.3 is 10.2 Å². The molecule has 1 N–H and O–H groups in total. The largest absolute Gasteiger partial charge is 0.374 e. The van der Waals surface area contributed by atoms with Crippen molar-refractivity contribution in [2.24, 2.45) is 11.3 Å². The Kier molecular flexibility index (Phi) is 4.19. The molecular weight excluding hydrogens is 232 g/mol. The lowest BCUT2D eigenvalue weighted by atomic mass is 9.81. The molecule has 0 bridgehead atoms. The van der Waals surface area contributed by atoms with Crippen LogP contribution in [0.1, 0.15) is 38.8 Å². The molecule has 0 unspecified atom stereocenters. The highest BCUT2D eigenvalue weighted by molar-refractivity contribution is 5.58. The van der Waals surface area contributed by atoms with Crippen LogP contribution in [0.2, 0.25) is 0 Å². The predicted octanol–water partition coefficient (Wildman–Crippen LogP) is 3.45. The minimum absolute atomic E-state index is 0.358. The molecule has 0 fully saturated rings. The third kappa shape index (κ3) is 3.30. The van der Waals surface area contributed by atoms with Crippen molar-refractivity contribution >= 4 is 5.69 Å². The summed E-state index contributed by atoms with van der Waals surface area (Å²) < 4.78 is 0. The first-order valence-electron chi connectivity index (χ1n) is 7.44. The van der Waals surface area contributed by atoms with Crippen molar-refractivity contribution in [1.82, 2.24) is 5.32 Å². The highest BCUT2D eigenvalue weighted by Gasteiger charge is 2.21. The van der Waals surface area contributed by atoms with E-state index in [0.29, 0.717) is 11.3 Å². The Balaban J connectivity index is 1.91. The molecule has 2 heteroatoms. The van der Waals surface area contributed by atoms with E-state index in [4.69, 9.17) is 0 Å². The van der Waals surface area contributed by atoms with Gasteiger partial charge in [-0.3, -0.25) is 0 Å². The van der Waals surface area contributed by atoms with Crippen LogP contribution >= 0.6 is 0 Å². The van der Waals surface area contributed by atoms with E-state index in [0.717, 1.165) is 19.6 Å². The second-order valence-corrected chi connectivity index (χ2v) is 6.88. The smallest absolute Gasteiger partial charge is 0.0397 e. The monoisotopic (exact) mass is 260 g/mol. The molecule has 1 aliphatic heterocycles. The van der Waals surface area contributed by atoms with Crippen LogP contribution in [-0.2, 0) is 13.0 Å². The maximum Gasteiger partial charge on any atom is 0.0397 e. The van der Waals surface area contributed by atoms with Gasteiger partial charge in [-0.1, -0.05) is 39.8 Å². The Morgan fingerprint density at radius 2 is 2.05 bits per heavy atom. The van der Waals surface area contributed by atoms with E-state index in [-0.39, 0.29) is 0 Å². The average molecular weight is 260 g/mol. The van der Waals surface area contributed by atoms with Crippen LogP contribution in [-0.4, -0.2) is 20.1 Å². The van der Waals surface area contributed by atoms with Gasteiger partial charge in [0.2, 0.25) is 0 Å². The Labute approximate surface area is 118 Å². The molecule has 1 aliphatic rings. The van der Waals surface area contributed by atoms with Crippen LogP contribution in [0.15, 0.2) is 18.2 Å². The summed E-state index contributed by atoms with van der Waals surface area (Å²) in [4.78, 5) is 2.34. The number of benzene rings is 1. The zero-order valence-electron chi connectivity index (χ0n) is 13.1. The molecule has 1 aromatic rings. The molecule has 0 atom stereocenters. The molecule has 0 amide bonds. The summed E-state index contributed by atoms with van der Waals surface area (Å²) in [6, 6.07) is 6.90. The van der Waals surface area contributed by atoms with Crippen molar-refractivity contribution in [2.45, 2.75) is 40.7 Å². The van der Waals surface area contributed by atoms with Gasteiger partial charge >= 0.3 is 0 Å². The number of nitrogens with zero attached hydrogens (tertiary/aromatic N) is 1. The maximum atomic E-state index is 3.61. The molecule has 0 aliphatic carbocycles. The van der Waals surface area contributed by atoms with Crippen LogP contribution in [0, 0.1) is 11.3 Å². The summed E-state index contributed by atoms with van der Waals surface area (Å²) in [7, 11) is 2.18. The second-order valence-electron chi connectivity index (χ2n) is 6.88. The van der Waals surface area contributed by atoms with Crippen LogP contribution < -0.4 is 10.2 Å². The maximum absolute atomic E-state index is 3.61. The molecule has 0 spiro atoms. The van der Waals surface area contributed by atoms with E-state index in [2.05, 4.69) is 63.2 Å². The van der Waals surface area contributed by atoms with E-state index in [1.54, 1.807) is 0 Å². The van der Waals surface area contributed by atoms with Crippen LogP contribution in [0.5, 0.6) is 0 Å². The van der Waals surface area contributed by atoms with Crippen LogP contribution in [0.4, 0.5) is 5.69 Å². The highest BCUT2D eigenvalue weighted by atomic mass is 15.1. The molecule has 0 saturated carbocycles. The molecular formula is C17H28N2. The van der Waals surface area contributed by atoms with Crippen molar-refractivity contribution in [1.29, 1.82) is 0 Å². The van der Waals surface area contributed by atoms with Gasteiger partial charge in [0.15, 0.2) is 0 Å². The first-order valence-corrected chi connectivity index (χ1v) is 7.44. The molecule has 19 heavy (non-hydrogen) atoms. The summed E-state index contributed by atoms with van der Waals surface area (Å²) in [5.74, 6) is 0.702. The van der Waals surface area contributed by atoms with Gasteiger partial charge in [-0.2, -0.15) is 0 Å². The quantitative estimate of drug-likeness (QED) is 0.872. The summed E-state index contributed by atoms with van der Waals surface area (Å²) in [5.41, 5.74) is 4.68. The fourth-order valence-electron chi connectivity index (χ4n) is 2.46. The van der Waals surface area contributed by atoms with E-state index in [1.165, 1.54) is 23.2 Å². The standard InChI is InChI=1S/C17H28N2/c1-13(2)17(3,4)12-18-11-14-6-7-16-15(10-14)8-9-19(16)5/h6-7,10,13,18H,8-9,11-12H2,1-5H3. The first kappa shape index (κ1) is 14.4. The minimum Gasteiger partial charge on any atom is -0.374 e. The van der Waals surface area contributed by atoms with Gasteiger partial charge in [0.1, 0.15) is 0 Å². The molecule has 106 valence electrons. The van der Waals surface area contributed by atoms with Crippen molar-refractivity contribution in [3.63, 3.8) is 0 Å². The number of hydrogen-bond donors (Lipinski definition) is 1. The van der Waals surface area contributed by atoms with Crippen LogP contribution in [0.3, 0.4) is 0 Å². The summed E-state index contributed by atoms with van der Waals surface area (Å²) in [6.45, 7) is 12.5. The Hall–Kier alpha value is -1.02. The molecule has 0 saturated heterocycles. The van der Waals surface area contributed by atoms with Crippen molar-refractivity contribution in [2.75, 3.05) is 25.0 Å². The SMILES string of the molecule is CC(C)C(C)(C)CNCc1ccc2c(c1)CCN2C. The zero-order chi connectivity index (χ0) is 14.0. The lowest BCUT2D eigenvalue weighted by Crippen LogP contribution is -2.33. The van der Waals surface area contributed by atoms with Gasteiger partial charge in [-0.05, 0) is 34.9 Å². The second kappa shape index (κ2) is 5.54. The lowest BCUT2D eigenvalue weighted by molar-refractivity contribution is 0.238. The minimum atomic E-state index is 0.358. The third-order valence-electron chi connectivity index (χ3n) is 4.74. The number of likely N-dealkylation sites (N-methyl/N-ethyl adjacent to an activating group) is 1. The van der Waals surface area contributed by atoms with Crippen molar-refractivity contribution in [3.05, 3.63) is 29.3 Å². The third-order valence-corrected chi connectivity index (χ3v) is 4.74. The number of anilines is 1. The molecule has 2 rings (SSSR count). The molecule has 1 heterocycles. The van der Waals surface area contributed by atoms with Gasteiger partial charge in [0, 0.05) is 32.4 Å². The summed E-state index contributed by atoms with van der Waals surface area (Å²) >= 11 is 0. The molecule has 2 nitrogen and oxygen atoms in total. The van der Waals surface area contributed by atoms with Crippen molar-refractivity contribution in [3.8, 4) is 0 Å². The topological polar surface area (TPSA) is 15.3 Å². The highest BCUT2D eigenvalue weighted by Crippen LogP contribution is 2.28. The average Bonchev–Trinajstić information content (AvgIpc) is 2.70. The molecule has 0 radical (unpaired) electrons. The Morgan fingerprint density at radius 1 is 1.32 bits per heavy atom. The van der Waals surface area contributed by atoms with E-state index >= 15 is 0 Å². The number of fused-ring (bicyclic) bond motifs is 1. The lowest BCUT2D eigenvalue weighted by Gasteiger charge is -2.29. The zero-order valence-corrected chi connectivity index (χ0v) is 13.1. The molecule has 0 aromatic heterocycles. The predicted molar refractivity (Wildman–Crippen MR) is 83.7 cm³/mol. The normalized spacial score (nSPS) is 15.2. The number of hydrogen-bond acceptors (Lipinski definition) is 2. The fourth-order valence-corrected chi connectivity index (χ4v) is 2.46. The number of rotatable bonds is 5. The van der Waals surface area contributed by atoms with Gasteiger partial charge in [-0.25, -0.2) is 0 Å². The van der Waals surface area contributed by atoms with Crippen LogP contribution in [0.25, 0.3) is 0 Å². The van der Waals surface area contributed by atoms with E-state index < -0.39 is 0 Å². The van der Waals surface area contributed by atoms with E-state index in [1.807, 2.05) is 0 Å². The summed E-state index contributed by atoms with van der Waals surface area (Å²) in [5, 5.41) is 3.61. The van der Waals surface area contributed by atoms with E-state index in [9.17, 15) is 0 Å². The molecule has 1 aromatic carbocycles. The Bertz CT molecular complexity index is 435. The Morgan fingerprint density at radius 3 is 2.74 bits per heavy atom. The summed E-state index contributed by atoms with van der Waals surface area (Å²) in [6.07, 6.45) is 1.19. The fraction of sp³-hybridized carbons (Fsp3) is 0.647. The van der Waals surface area contributed by atoms with Gasteiger partial charge in [0.25, 0.3) is 0 Å². The first-order chi connectivity index (χ1) is 8.90. The van der Waals surface area contributed by atoms with Crippen molar-refractivity contribution < 1.29 is 0 Å². The van der Waals surface area contributed by atoms with Gasteiger partial charge in [-0.15, -0.1) is 0 Å². The van der Waals surface area contributed by atoms with Gasteiger partial charge in [0.05, 0.1) is 0 Å². The number of nitrogens with one attached hydrogen (secondary N) is 1.